The lowest BCUT2D eigenvalue weighted by Crippen LogP contribution is -2.31. The van der Waals surface area contributed by atoms with Crippen LogP contribution in [0.2, 0.25) is 0 Å². The fraction of sp³-hybridized carbons (Fsp3) is 0.0714. The fourth-order valence-corrected chi connectivity index (χ4v) is 1.92. The van der Waals surface area contributed by atoms with Gasteiger partial charge >= 0.3 is 7.05 Å². The molecule has 0 saturated carbocycles. The van der Waals surface area contributed by atoms with Crippen molar-refractivity contribution in [2.75, 3.05) is 7.11 Å². The number of benzene rings is 2. The van der Waals surface area contributed by atoms with E-state index in [-0.39, 0.29) is 7.05 Å². The monoisotopic (exact) mass is 252 g/mol. The molecule has 0 radical (unpaired) electrons. The molecule has 0 aromatic heterocycles. The van der Waals surface area contributed by atoms with E-state index in [0.29, 0.717) is 0 Å². The molecular formula is C14H13BN2O2. The van der Waals surface area contributed by atoms with Gasteiger partial charge in [-0.05, 0) is 29.7 Å². The third-order valence-corrected chi connectivity index (χ3v) is 2.96. The van der Waals surface area contributed by atoms with Gasteiger partial charge in [-0.3, -0.25) is 15.1 Å². The summed E-state index contributed by atoms with van der Waals surface area (Å²) < 4.78 is 10.6. The second-order valence-electron chi connectivity index (χ2n) is 4.19. The summed E-state index contributed by atoms with van der Waals surface area (Å²) in [5.74, 6) is 1.55. The number of amidine groups is 1. The highest BCUT2D eigenvalue weighted by Gasteiger charge is 2.26. The zero-order valence-electron chi connectivity index (χ0n) is 10.5. The number of methoxy groups -OCH3 is 1. The van der Waals surface area contributed by atoms with Crippen LogP contribution in [0, 0.1) is 0 Å². The highest BCUT2D eigenvalue weighted by atomic mass is 16.6. The van der Waals surface area contributed by atoms with Crippen LogP contribution < -0.4 is 15.7 Å². The Morgan fingerprint density at radius 3 is 2.47 bits per heavy atom. The Labute approximate surface area is 112 Å². The number of ether oxygens (including phenoxy) is 1. The summed E-state index contributed by atoms with van der Waals surface area (Å²) in [5.41, 5.74) is 4.87. The van der Waals surface area contributed by atoms with E-state index in [1.54, 1.807) is 7.11 Å². The first-order valence-corrected chi connectivity index (χ1v) is 6.05. The molecule has 0 spiro atoms. The molecule has 1 heterocycles. The lowest BCUT2D eigenvalue weighted by atomic mass is 9.75. The van der Waals surface area contributed by atoms with Crippen molar-refractivity contribution in [2.24, 2.45) is 4.90 Å². The van der Waals surface area contributed by atoms with Gasteiger partial charge in [0.25, 0.3) is 0 Å². The van der Waals surface area contributed by atoms with Crippen LogP contribution in [0.3, 0.4) is 0 Å². The van der Waals surface area contributed by atoms with Crippen molar-refractivity contribution < 1.29 is 9.49 Å². The minimum Gasteiger partial charge on any atom is -0.497 e. The molecule has 0 unspecified atom stereocenters. The topological polar surface area (TPSA) is 42.9 Å². The van der Waals surface area contributed by atoms with Gasteiger partial charge < -0.3 is 4.74 Å². The van der Waals surface area contributed by atoms with Gasteiger partial charge in [0.05, 0.1) is 7.11 Å². The maximum Gasteiger partial charge on any atom is 0.496 e. The van der Waals surface area contributed by atoms with E-state index in [0.717, 1.165) is 22.6 Å². The van der Waals surface area contributed by atoms with E-state index in [9.17, 15) is 0 Å². The molecule has 2 aromatic carbocycles. The van der Waals surface area contributed by atoms with Crippen molar-refractivity contribution in [1.82, 2.24) is 5.48 Å². The molecule has 4 nitrogen and oxygen atoms in total. The van der Waals surface area contributed by atoms with Crippen LogP contribution in [-0.2, 0) is 4.76 Å². The molecule has 1 aliphatic heterocycles. The first kappa shape index (κ1) is 11.8. The average Bonchev–Trinajstić information content (AvgIpc) is 2.98. The number of nitrogens with zero attached hydrogens (tertiary/aromatic N) is 1. The third kappa shape index (κ3) is 2.46. The quantitative estimate of drug-likeness (QED) is 0.839. The standard InChI is InChI=1S/C14H13BN2O2/c1-18-13-9-7-11(8-10-13)14-16-15(19-17-14)12-5-3-2-4-6-12/h2-10H,1H3,(H,16,17). The summed E-state index contributed by atoms with van der Waals surface area (Å²) in [7, 11) is 1.35. The van der Waals surface area contributed by atoms with E-state index in [1.807, 2.05) is 54.6 Å². The predicted molar refractivity (Wildman–Crippen MR) is 75.6 cm³/mol. The van der Waals surface area contributed by atoms with Crippen molar-refractivity contribution >= 4 is 18.3 Å². The number of rotatable bonds is 3. The van der Waals surface area contributed by atoms with Gasteiger partial charge in [0.1, 0.15) is 11.6 Å². The minimum absolute atomic E-state index is 0.293. The van der Waals surface area contributed by atoms with Gasteiger partial charge in [0.15, 0.2) is 0 Å². The summed E-state index contributed by atoms with van der Waals surface area (Å²) in [6.07, 6.45) is 0. The molecule has 0 amide bonds. The lowest BCUT2D eigenvalue weighted by molar-refractivity contribution is 0.284. The first-order chi connectivity index (χ1) is 9.36. The number of hydrogen-bond acceptors (Lipinski definition) is 4. The smallest absolute Gasteiger partial charge is 0.496 e. The number of nitrogens with one attached hydrogen (secondary N) is 1. The largest absolute Gasteiger partial charge is 0.497 e. The lowest BCUT2D eigenvalue weighted by Gasteiger charge is -2.03. The molecule has 19 heavy (non-hydrogen) atoms. The Balaban J connectivity index is 1.82. The normalized spacial score (nSPS) is 13.9. The highest BCUT2D eigenvalue weighted by molar-refractivity contribution is 6.68. The number of hydrogen-bond donors (Lipinski definition) is 1. The summed E-state index contributed by atoms with van der Waals surface area (Å²) in [4.78, 5) is 4.53. The molecule has 2 aromatic rings. The molecule has 1 aliphatic rings. The Morgan fingerprint density at radius 2 is 1.79 bits per heavy atom. The van der Waals surface area contributed by atoms with E-state index in [4.69, 9.17) is 9.49 Å². The van der Waals surface area contributed by atoms with Crippen LogP contribution in [0.5, 0.6) is 5.75 Å². The van der Waals surface area contributed by atoms with E-state index >= 15 is 0 Å². The Morgan fingerprint density at radius 1 is 1.05 bits per heavy atom. The van der Waals surface area contributed by atoms with E-state index in [1.165, 1.54) is 0 Å². The van der Waals surface area contributed by atoms with Crippen molar-refractivity contribution in [1.29, 1.82) is 0 Å². The van der Waals surface area contributed by atoms with Crippen molar-refractivity contribution in [3.63, 3.8) is 0 Å². The minimum atomic E-state index is -0.293. The number of hydroxylamine groups is 1. The zero-order chi connectivity index (χ0) is 13.1. The summed E-state index contributed by atoms with van der Waals surface area (Å²) in [6.45, 7) is 0. The van der Waals surface area contributed by atoms with Gasteiger partial charge in [-0.2, -0.15) is 0 Å². The molecule has 0 bridgehead atoms. The van der Waals surface area contributed by atoms with Crippen molar-refractivity contribution in [3.8, 4) is 5.75 Å². The average molecular weight is 252 g/mol. The SMILES string of the molecule is COc1ccc(C2=NB(c3ccccc3)ON2)cc1. The van der Waals surface area contributed by atoms with Crippen molar-refractivity contribution in [3.05, 3.63) is 60.2 Å². The van der Waals surface area contributed by atoms with Crippen LogP contribution in [0.4, 0.5) is 0 Å². The van der Waals surface area contributed by atoms with Gasteiger partial charge in [-0.15, -0.1) is 0 Å². The first-order valence-electron chi connectivity index (χ1n) is 6.05. The van der Waals surface area contributed by atoms with Gasteiger partial charge in [-0.1, -0.05) is 30.3 Å². The molecule has 0 saturated heterocycles. The van der Waals surface area contributed by atoms with Crippen LogP contribution in [0.1, 0.15) is 5.56 Å². The molecule has 3 rings (SSSR count). The maximum atomic E-state index is 5.48. The summed E-state index contributed by atoms with van der Waals surface area (Å²) >= 11 is 0. The summed E-state index contributed by atoms with van der Waals surface area (Å²) in [5, 5.41) is 0. The third-order valence-electron chi connectivity index (χ3n) is 2.96. The highest BCUT2D eigenvalue weighted by Crippen LogP contribution is 2.13. The van der Waals surface area contributed by atoms with Crippen LogP contribution in [-0.4, -0.2) is 20.0 Å². The molecule has 1 N–H and O–H groups in total. The maximum absolute atomic E-state index is 5.48. The zero-order valence-corrected chi connectivity index (χ0v) is 10.5. The van der Waals surface area contributed by atoms with E-state index in [2.05, 4.69) is 10.4 Å². The van der Waals surface area contributed by atoms with Crippen LogP contribution in [0.25, 0.3) is 0 Å². The predicted octanol–water partition coefficient (Wildman–Crippen LogP) is 1.37. The second-order valence-corrected chi connectivity index (χ2v) is 4.19. The second kappa shape index (κ2) is 5.16. The van der Waals surface area contributed by atoms with Gasteiger partial charge in [-0.25, -0.2) is 0 Å². The van der Waals surface area contributed by atoms with Gasteiger partial charge in [0.2, 0.25) is 0 Å². The molecule has 94 valence electrons. The van der Waals surface area contributed by atoms with Crippen molar-refractivity contribution in [2.45, 2.75) is 0 Å². The molecular weight excluding hydrogens is 239 g/mol. The van der Waals surface area contributed by atoms with Crippen LogP contribution in [0.15, 0.2) is 59.5 Å². The van der Waals surface area contributed by atoms with E-state index < -0.39 is 0 Å². The molecule has 0 atom stereocenters. The Hall–Kier alpha value is -2.27. The Kier molecular flexibility index (Phi) is 3.20. The molecule has 0 aliphatic carbocycles. The van der Waals surface area contributed by atoms with Gasteiger partial charge in [0, 0.05) is 5.56 Å². The summed E-state index contributed by atoms with van der Waals surface area (Å²) in [6, 6.07) is 17.6. The van der Waals surface area contributed by atoms with Crippen LogP contribution >= 0.6 is 0 Å². The fourth-order valence-electron chi connectivity index (χ4n) is 1.92. The molecule has 0 fully saturated rings. The molecule has 5 heteroatoms. The Bertz CT molecular complexity index is 584.